The number of nitrogens with zero attached hydrogens (tertiary/aromatic N) is 2. The van der Waals surface area contributed by atoms with Crippen molar-refractivity contribution in [2.75, 3.05) is 38.4 Å². The van der Waals surface area contributed by atoms with Crippen LogP contribution < -0.4 is 14.8 Å². The second kappa shape index (κ2) is 8.12. The number of aromatic nitrogens is 1. The molecule has 154 valence electrons. The number of pyridine rings is 1. The maximum atomic E-state index is 13.2. The molecule has 0 spiro atoms. The van der Waals surface area contributed by atoms with Crippen molar-refractivity contribution in [3.8, 4) is 11.5 Å². The van der Waals surface area contributed by atoms with E-state index in [1.54, 1.807) is 0 Å². The Kier molecular flexibility index (Phi) is 5.18. The summed E-state index contributed by atoms with van der Waals surface area (Å²) in [6, 6.07) is 13.5. The molecule has 2 aliphatic heterocycles. The maximum absolute atomic E-state index is 13.2. The van der Waals surface area contributed by atoms with Gasteiger partial charge in [-0.2, -0.15) is 0 Å². The molecule has 0 aliphatic carbocycles. The van der Waals surface area contributed by atoms with Gasteiger partial charge in [0.25, 0.3) is 5.91 Å². The third-order valence-corrected chi connectivity index (χ3v) is 5.79. The molecule has 1 fully saturated rings. The Bertz CT molecular complexity index is 1110. The summed E-state index contributed by atoms with van der Waals surface area (Å²) < 4.78 is 17.2. The van der Waals surface area contributed by atoms with Gasteiger partial charge in [0.15, 0.2) is 11.5 Å². The van der Waals surface area contributed by atoms with Gasteiger partial charge in [-0.15, -0.1) is 0 Å². The quantitative estimate of drug-likeness (QED) is 0.626. The standard InChI is InChI=1S/C22H20BrN3O4/c23-17-9-14(10-19-21(17)30-13-29-19)12-24-20-11-16(15-3-1-2-4-18(15)25-20)22(27)26-5-7-28-8-6-26/h1-4,9-11H,5-8,12-13H2,(H,24,25). The number of fused-ring (bicyclic) bond motifs is 2. The Labute approximate surface area is 182 Å². The van der Waals surface area contributed by atoms with Crippen LogP contribution in [-0.4, -0.2) is 48.9 Å². The van der Waals surface area contributed by atoms with Gasteiger partial charge in [0.1, 0.15) is 5.82 Å². The molecule has 7 nitrogen and oxygen atoms in total. The van der Waals surface area contributed by atoms with Crippen LogP contribution in [0.25, 0.3) is 10.9 Å². The van der Waals surface area contributed by atoms with Crippen LogP contribution in [0.5, 0.6) is 11.5 Å². The number of morpholine rings is 1. The molecule has 30 heavy (non-hydrogen) atoms. The number of carbonyl (C=O) groups excluding carboxylic acids is 1. The fraction of sp³-hybridized carbons (Fsp3) is 0.273. The van der Waals surface area contributed by atoms with Crippen molar-refractivity contribution in [2.24, 2.45) is 0 Å². The highest BCUT2D eigenvalue weighted by Gasteiger charge is 2.22. The molecule has 3 aromatic rings. The molecule has 1 amide bonds. The lowest BCUT2D eigenvalue weighted by Crippen LogP contribution is -2.40. The van der Waals surface area contributed by atoms with E-state index in [1.807, 2.05) is 47.4 Å². The van der Waals surface area contributed by atoms with Crippen molar-refractivity contribution in [1.29, 1.82) is 0 Å². The number of hydrogen-bond donors (Lipinski definition) is 1. The summed E-state index contributed by atoms with van der Waals surface area (Å²) in [5.41, 5.74) is 2.45. The second-order valence-electron chi connectivity index (χ2n) is 7.14. The maximum Gasteiger partial charge on any atom is 0.254 e. The summed E-state index contributed by atoms with van der Waals surface area (Å²) in [6.45, 7) is 3.10. The van der Waals surface area contributed by atoms with Crippen LogP contribution in [-0.2, 0) is 11.3 Å². The van der Waals surface area contributed by atoms with Crippen LogP contribution >= 0.6 is 15.9 Å². The molecule has 5 rings (SSSR count). The predicted molar refractivity (Wildman–Crippen MR) is 116 cm³/mol. The van der Waals surface area contributed by atoms with Crippen molar-refractivity contribution in [3.63, 3.8) is 0 Å². The summed E-state index contributed by atoms with van der Waals surface area (Å²) in [6.07, 6.45) is 0. The van der Waals surface area contributed by atoms with E-state index < -0.39 is 0 Å². The van der Waals surface area contributed by atoms with E-state index in [4.69, 9.17) is 19.2 Å². The number of benzene rings is 2. The molecule has 0 radical (unpaired) electrons. The molecule has 1 aromatic heterocycles. The minimum absolute atomic E-state index is 0.00535. The number of para-hydroxylation sites is 1. The minimum atomic E-state index is 0.00535. The number of halogens is 1. The fourth-order valence-corrected chi connectivity index (χ4v) is 4.30. The molecular weight excluding hydrogens is 450 g/mol. The van der Waals surface area contributed by atoms with Gasteiger partial charge in [-0.1, -0.05) is 18.2 Å². The summed E-state index contributed by atoms with van der Waals surface area (Å²) in [7, 11) is 0. The van der Waals surface area contributed by atoms with Gasteiger partial charge in [-0.05, 0) is 45.8 Å². The van der Waals surface area contributed by atoms with Crippen LogP contribution in [0.4, 0.5) is 5.82 Å². The van der Waals surface area contributed by atoms with E-state index in [-0.39, 0.29) is 12.7 Å². The zero-order valence-electron chi connectivity index (χ0n) is 16.2. The van der Waals surface area contributed by atoms with E-state index in [0.29, 0.717) is 44.2 Å². The lowest BCUT2D eigenvalue weighted by molar-refractivity contribution is 0.0304. The third kappa shape index (κ3) is 3.68. The van der Waals surface area contributed by atoms with E-state index >= 15 is 0 Å². The van der Waals surface area contributed by atoms with Gasteiger partial charge in [0.05, 0.1) is 28.8 Å². The molecule has 1 N–H and O–H groups in total. The van der Waals surface area contributed by atoms with Crippen molar-refractivity contribution >= 4 is 38.6 Å². The number of hydrogen-bond acceptors (Lipinski definition) is 6. The minimum Gasteiger partial charge on any atom is -0.454 e. The summed E-state index contributed by atoms with van der Waals surface area (Å²) in [5.74, 6) is 2.10. The Morgan fingerprint density at radius 1 is 1.13 bits per heavy atom. The normalized spacial score (nSPS) is 15.4. The van der Waals surface area contributed by atoms with Gasteiger partial charge in [0, 0.05) is 25.0 Å². The number of ether oxygens (including phenoxy) is 3. The SMILES string of the molecule is O=C(c1cc(NCc2cc(Br)c3c(c2)OCO3)nc2ccccc12)N1CCOCC1. The smallest absolute Gasteiger partial charge is 0.254 e. The molecular formula is C22H20BrN3O4. The summed E-state index contributed by atoms with van der Waals surface area (Å²) in [4.78, 5) is 19.7. The zero-order chi connectivity index (χ0) is 20.5. The molecule has 0 bridgehead atoms. The number of amides is 1. The first kappa shape index (κ1) is 19.1. The van der Waals surface area contributed by atoms with Crippen LogP contribution in [0, 0.1) is 0 Å². The topological polar surface area (TPSA) is 72.9 Å². The third-order valence-electron chi connectivity index (χ3n) is 5.21. The van der Waals surface area contributed by atoms with Crippen LogP contribution in [0.15, 0.2) is 46.9 Å². The Balaban J connectivity index is 1.43. The van der Waals surface area contributed by atoms with Crippen molar-refractivity contribution in [2.45, 2.75) is 6.54 Å². The largest absolute Gasteiger partial charge is 0.454 e. The first-order valence-corrected chi connectivity index (χ1v) is 10.6. The lowest BCUT2D eigenvalue weighted by Gasteiger charge is -2.27. The summed E-state index contributed by atoms with van der Waals surface area (Å²) in [5, 5.41) is 4.20. The monoisotopic (exact) mass is 469 g/mol. The van der Waals surface area contributed by atoms with Crippen LogP contribution in [0.3, 0.4) is 0 Å². The van der Waals surface area contributed by atoms with Crippen molar-refractivity contribution in [1.82, 2.24) is 9.88 Å². The first-order valence-electron chi connectivity index (χ1n) is 9.78. The molecule has 0 unspecified atom stereocenters. The van der Waals surface area contributed by atoms with Gasteiger partial charge in [-0.3, -0.25) is 4.79 Å². The fourth-order valence-electron chi connectivity index (χ4n) is 3.70. The molecule has 0 atom stereocenters. The van der Waals surface area contributed by atoms with Crippen molar-refractivity contribution < 1.29 is 19.0 Å². The Hall–Kier alpha value is -2.84. The average Bonchev–Trinajstić information content (AvgIpc) is 3.26. The lowest BCUT2D eigenvalue weighted by atomic mass is 10.1. The highest BCUT2D eigenvalue weighted by molar-refractivity contribution is 9.10. The highest BCUT2D eigenvalue weighted by Crippen LogP contribution is 2.40. The van der Waals surface area contributed by atoms with Crippen LogP contribution in [0.1, 0.15) is 15.9 Å². The van der Waals surface area contributed by atoms with Crippen molar-refractivity contribution in [3.05, 3.63) is 58.1 Å². The number of nitrogens with one attached hydrogen (secondary N) is 1. The van der Waals surface area contributed by atoms with Gasteiger partial charge >= 0.3 is 0 Å². The molecule has 2 aliphatic rings. The van der Waals surface area contributed by atoms with Gasteiger partial charge in [0.2, 0.25) is 6.79 Å². The number of carbonyl (C=O) groups is 1. The molecule has 0 saturated carbocycles. The van der Waals surface area contributed by atoms with Crippen LogP contribution in [0.2, 0.25) is 0 Å². The Morgan fingerprint density at radius 2 is 1.97 bits per heavy atom. The van der Waals surface area contributed by atoms with E-state index in [1.165, 1.54) is 0 Å². The molecule has 2 aromatic carbocycles. The Morgan fingerprint density at radius 3 is 2.83 bits per heavy atom. The predicted octanol–water partition coefficient (Wildman–Crippen LogP) is 3.81. The summed E-state index contributed by atoms with van der Waals surface area (Å²) >= 11 is 3.52. The number of anilines is 1. The average molecular weight is 470 g/mol. The zero-order valence-corrected chi connectivity index (χ0v) is 17.8. The van der Waals surface area contributed by atoms with E-state index in [9.17, 15) is 4.79 Å². The van der Waals surface area contributed by atoms with Gasteiger partial charge < -0.3 is 24.4 Å². The molecule has 3 heterocycles. The van der Waals surface area contributed by atoms with Gasteiger partial charge in [-0.25, -0.2) is 4.98 Å². The highest BCUT2D eigenvalue weighted by atomic mass is 79.9. The first-order chi connectivity index (χ1) is 14.7. The second-order valence-corrected chi connectivity index (χ2v) is 8.00. The van der Waals surface area contributed by atoms with E-state index in [0.717, 1.165) is 32.4 Å². The molecule has 1 saturated heterocycles. The molecule has 8 heteroatoms. The number of rotatable bonds is 4. The van der Waals surface area contributed by atoms with E-state index in [2.05, 4.69) is 21.2 Å².